The number of aromatic nitrogens is 2. The molecule has 1 aromatic rings. The summed E-state index contributed by atoms with van der Waals surface area (Å²) in [5, 5.41) is 11.6. The lowest BCUT2D eigenvalue weighted by Crippen LogP contribution is -2.23. The minimum Gasteiger partial charge on any atom is -0.425 e. The molecular formula is C13H25N3O. The molecule has 1 heterocycles. The summed E-state index contributed by atoms with van der Waals surface area (Å²) >= 11 is 0. The number of hydrogen-bond acceptors (Lipinski definition) is 4. The van der Waals surface area contributed by atoms with E-state index in [1.54, 1.807) is 0 Å². The largest absolute Gasteiger partial charge is 0.425 e. The highest BCUT2D eigenvalue weighted by molar-refractivity contribution is 4.91. The van der Waals surface area contributed by atoms with Gasteiger partial charge in [0.05, 0.1) is 0 Å². The van der Waals surface area contributed by atoms with Gasteiger partial charge in [-0.05, 0) is 18.9 Å². The zero-order valence-corrected chi connectivity index (χ0v) is 11.7. The van der Waals surface area contributed by atoms with Crippen LogP contribution >= 0.6 is 0 Å². The zero-order chi connectivity index (χ0) is 12.8. The van der Waals surface area contributed by atoms with E-state index in [0.717, 1.165) is 31.2 Å². The van der Waals surface area contributed by atoms with Crippen LogP contribution in [0.25, 0.3) is 0 Å². The van der Waals surface area contributed by atoms with E-state index in [4.69, 9.17) is 4.42 Å². The van der Waals surface area contributed by atoms with Gasteiger partial charge in [-0.2, -0.15) is 0 Å². The van der Waals surface area contributed by atoms with Gasteiger partial charge in [-0.15, -0.1) is 10.2 Å². The lowest BCUT2D eigenvalue weighted by molar-refractivity contribution is 0.377. The summed E-state index contributed by atoms with van der Waals surface area (Å²) in [6.07, 6.45) is 1.90. The van der Waals surface area contributed by atoms with Crippen molar-refractivity contribution in [3.05, 3.63) is 11.8 Å². The molecule has 1 aromatic heterocycles. The van der Waals surface area contributed by atoms with Gasteiger partial charge < -0.3 is 9.73 Å². The zero-order valence-electron chi connectivity index (χ0n) is 11.7. The Bertz CT molecular complexity index is 320. The first-order chi connectivity index (χ1) is 8.00. The van der Waals surface area contributed by atoms with Crippen molar-refractivity contribution in [2.45, 2.75) is 59.4 Å². The van der Waals surface area contributed by atoms with E-state index >= 15 is 0 Å². The number of nitrogens with zero attached hydrogens (tertiary/aromatic N) is 2. The Kier molecular flexibility index (Phi) is 5.62. The summed E-state index contributed by atoms with van der Waals surface area (Å²) < 4.78 is 5.66. The van der Waals surface area contributed by atoms with E-state index in [0.29, 0.717) is 17.9 Å². The first-order valence-electron chi connectivity index (χ1n) is 6.56. The van der Waals surface area contributed by atoms with Gasteiger partial charge in [0.1, 0.15) is 0 Å². The second kappa shape index (κ2) is 6.74. The molecule has 0 aliphatic carbocycles. The van der Waals surface area contributed by atoms with Crippen molar-refractivity contribution < 1.29 is 4.42 Å². The molecule has 0 bridgehead atoms. The van der Waals surface area contributed by atoms with Crippen molar-refractivity contribution in [1.29, 1.82) is 0 Å². The molecule has 1 N–H and O–H groups in total. The van der Waals surface area contributed by atoms with Crippen LogP contribution in [0.4, 0.5) is 0 Å². The van der Waals surface area contributed by atoms with E-state index in [1.807, 2.05) is 0 Å². The van der Waals surface area contributed by atoms with Gasteiger partial charge in [0, 0.05) is 18.4 Å². The molecular weight excluding hydrogens is 214 g/mol. The third kappa shape index (κ3) is 4.86. The van der Waals surface area contributed by atoms with Gasteiger partial charge in [0.15, 0.2) is 0 Å². The SMILES string of the molecule is CC(C)NCCCc1nnc(C(C)C(C)C)o1. The Morgan fingerprint density at radius 1 is 1.12 bits per heavy atom. The predicted molar refractivity (Wildman–Crippen MR) is 69.0 cm³/mol. The molecule has 0 saturated carbocycles. The molecule has 1 unspecified atom stereocenters. The highest BCUT2D eigenvalue weighted by atomic mass is 16.4. The predicted octanol–water partition coefficient (Wildman–Crippen LogP) is 2.76. The van der Waals surface area contributed by atoms with Crippen LogP contribution in [0.2, 0.25) is 0 Å². The van der Waals surface area contributed by atoms with Crippen molar-refractivity contribution in [3.63, 3.8) is 0 Å². The van der Waals surface area contributed by atoms with Crippen LogP contribution in [0.5, 0.6) is 0 Å². The van der Waals surface area contributed by atoms with E-state index in [1.165, 1.54) is 0 Å². The lowest BCUT2D eigenvalue weighted by Gasteiger charge is -2.09. The summed E-state index contributed by atoms with van der Waals surface area (Å²) in [5.41, 5.74) is 0. The molecule has 0 spiro atoms. The molecule has 0 radical (unpaired) electrons. The third-order valence-corrected chi connectivity index (χ3v) is 2.99. The van der Waals surface area contributed by atoms with E-state index < -0.39 is 0 Å². The maximum atomic E-state index is 5.66. The molecule has 0 aliphatic heterocycles. The minimum absolute atomic E-state index is 0.338. The van der Waals surface area contributed by atoms with Crippen molar-refractivity contribution in [3.8, 4) is 0 Å². The van der Waals surface area contributed by atoms with Crippen LogP contribution in [-0.2, 0) is 6.42 Å². The quantitative estimate of drug-likeness (QED) is 0.743. The maximum absolute atomic E-state index is 5.66. The number of aryl methyl sites for hydroxylation is 1. The summed E-state index contributed by atoms with van der Waals surface area (Å²) in [7, 11) is 0. The van der Waals surface area contributed by atoms with Crippen LogP contribution in [0, 0.1) is 5.92 Å². The van der Waals surface area contributed by atoms with E-state index in [-0.39, 0.29) is 0 Å². The van der Waals surface area contributed by atoms with Gasteiger partial charge in [-0.25, -0.2) is 0 Å². The standard InChI is InChI=1S/C13H25N3O/c1-9(2)11(5)13-16-15-12(17-13)7-6-8-14-10(3)4/h9-11,14H,6-8H2,1-5H3. The Morgan fingerprint density at radius 2 is 1.82 bits per heavy atom. The van der Waals surface area contributed by atoms with Gasteiger partial charge in [0.25, 0.3) is 0 Å². The van der Waals surface area contributed by atoms with Crippen LogP contribution in [-0.4, -0.2) is 22.8 Å². The van der Waals surface area contributed by atoms with Crippen molar-refractivity contribution in [2.75, 3.05) is 6.54 Å². The number of rotatable bonds is 7. The Balaban J connectivity index is 2.36. The van der Waals surface area contributed by atoms with Crippen LogP contribution < -0.4 is 5.32 Å². The molecule has 0 amide bonds. The molecule has 1 rings (SSSR count). The van der Waals surface area contributed by atoms with Gasteiger partial charge in [0.2, 0.25) is 11.8 Å². The first-order valence-corrected chi connectivity index (χ1v) is 6.56. The molecule has 0 aromatic carbocycles. The molecule has 1 atom stereocenters. The Hall–Kier alpha value is -0.900. The van der Waals surface area contributed by atoms with E-state index in [9.17, 15) is 0 Å². The molecule has 0 aliphatic rings. The maximum Gasteiger partial charge on any atom is 0.219 e. The van der Waals surface area contributed by atoms with Crippen LogP contribution in [0.15, 0.2) is 4.42 Å². The summed E-state index contributed by atoms with van der Waals surface area (Å²) in [6, 6.07) is 0.536. The molecule has 17 heavy (non-hydrogen) atoms. The van der Waals surface area contributed by atoms with Crippen LogP contribution in [0.3, 0.4) is 0 Å². The fraction of sp³-hybridized carbons (Fsp3) is 0.846. The highest BCUT2D eigenvalue weighted by Gasteiger charge is 2.16. The fourth-order valence-electron chi connectivity index (χ4n) is 1.47. The minimum atomic E-state index is 0.338. The molecule has 0 fully saturated rings. The second-order valence-electron chi connectivity index (χ2n) is 5.28. The summed E-state index contributed by atoms with van der Waals surface area (Å²) in [4.78, 5) is 0. The normalized spacial score (nSPS) is 13.6. The molecule has 4 nitrogen and oxygen atoms in total. The third-order valence-electron chi connectivity index (χ3n) is 2.99. The van der Waals surface area contributed by atoms with Gasteiger partial charge in [-0.1, -0.05) is 34.6 Å². The monoisotopic (exact) mass is 239 g/mol. The molecule has 98 valence electrons. The molecule has 0 saturated heterocycles. The van der Waals surface area contributed by atoms with Gasteiger partial charge >= 0.3 is 0 Å². The summed E-state index contributed by atoms with van der Waals surface area (Å²) in [5.74, 6) is 2.40. The Morgan fingerprint density at radius 3 is 2.41 bits per heavy atom. The number of hydrogen-bond donors (Lipinski definition) is 1. The van der Waals surface area contributed by atoms with Gasteiger partial charge in [-0.3, -0.25) is 0 Å². The van der Waals surface area contributed by atoms with E-state index in [2.05, 4.69) is 50.1 Å². The highest BCUT2D eigenvalue weighted by Crippen LogP contribution is 2.22. The second-order valence-corrected chi connectivity index (χ2v) is 5.28. The topological polar surface area (TPSA) is 51.0 Å². The average Bonchev–Trinajstić information content (AvgIpc) is 2.71. The average molecular weight is 239 g/mol. The smallest absolute Gasteiger partial charge is 0.219 e. The number of nitrogens with one attached hydrogen (secondary N) is 1. The fourth-order valence-corrected chi connectivity index (χ4v) is 1.47. The Labute approximate surface area is 104 Å². The van der Waals surface area contributed by atoms with Crippen molar-refractivity contribution in [2.24, 2.45) is 5.92 Å². The van der Waals surface area contributed by atoms with Crippen LogP contribution in [0.1, 0.15) is 58.7 Å². The summed E-state index contributed by atoms with van der Waals surface area (Å²) in [6.45, 7) is 11.8. The molecule has 4 heteroatoms. The first kappa shape index (κ1) is 14.2. The van der Waals surface area contributed by atoms with Crippen molar-refractivity contribution in [1.82, 2.24) is 15.5 Å². The van der Waals surface area contributed by atoms with Crippen molar-refractivity contribution >= 4 is 0 Å². The lowest BCUT2D eigenvalue weighted by atomic mass is 9.98.